The third kappa shape index (κ3) is 6.79. The van der Waals surface area contributed by atoms with Crippen LogP contribution in [0.1, 0.15) is 34.4 Å². The molecular formula is C35H33N3O3. The van der Waals surface area contributed by atoms with Gasteiger partial charge in [-0.15, -0.1) is 0 Å². The molecule has 1 aromatic heterocycles. The molecule has 5 aromatic rings. The van der Waals surface area contributed by atoms with Gasteiger partial charge < -0.3 is 15.0 Å². The van der Waals surface area contributed by atoms with Crippen LogP contribution in [0, 0.1) is 0 Å². The van der Waals surface area contributed by atoms with E-state index in [4.69, 9.17) is 4.74 Å². The van der Waals surface area contributed by atoms with Crippen molar-refractivity contribution in [2.45, 2.75) is 30.7 Å². The fourth-order valence-corrected chi connectivity index (χ4v) is 5.17. The highest BCUT2D eigenvalue weighted by atomic mass is 16.5. The molecule has 0 saturated heterocycles. The van der Waals surface area contributed by atoms with E-state index in [2.05, 4.69) is 51.7 Å². The summed E-state index contributed by atoms with van der Waals surface area (Å²) in [6, 6.07) is 39.1. The van der Waals surface area contributed by atoms with Gasteiger partial charge in [0.25, 0.3) is 0 Å². The first-order valence-corrected chi connectivity index (χ1v) is 13.8. The van der Waals surface area contributed by atoms with Gasteiger partial charge >= 0.3 is 5.97 Å². The molecule has 0 bridgehead atoms. The highest BCUT2D eigenvalue weighted by Crippen LogP contribution is 2.39. The Kier molecular flexibility index (Phi) is 9.01. The van der Waals surface area contributed by atoms with Crippen LogP contribution in [0.3, 0.4) is 0 Å². The highest BCUT2D eigenvalue weighted by molar-refractivity contribution is 5.85. The van der Waals surface area contributed by atoms with Crippen LogP contribution in [0.4, 0.5) is 0 Å². The molecule has 5 rings (SSSR count). The first-order valence-electron chi connectivity index (χ1n) is 13.8. The van der Waals surface area contributed by atoms with E-state index in [9.17, 15) is 9.59 Å². The Morgan fingerprint density at radius 1 is 0.756 bits per heavy atom. The second-order valence-corrected chi connectivity index (χ2v) is 9.98. The third-order valence-electron chi connectivity index (χ3n) is 7.30. The summed E-state index contributed by atoms with van der Waals surface area (Å²) < 4.78 is 6.15. The lowest BCUT2D eigenvalue weighted by Crippen LogP contribution is -2.45. The Hall–Kier alpha value is -4.97. The number of ether oxygens (including phenoxy) is 1. The standard InChI is InChI=1S/C35H33N3O3/c39-33(22-21-27-13-5-1-6-14-27)38-32(23-31-24-36-26-37-31)34(40)41-25-35(28-15-7-2-8-16-28,29-17-9-3-10-18-29)30-19-11-4-12-20-30/h1-20,24,26,32H,21-23,25H2,(H,36,37)(H,38,39)/t32-/m0/s1. The molecule has 0 aliphatic heterocycles. The van der Waals surface area contributed by atoms with Gasteiger partial charge in [-0.05, 0) is 28.7 Å². The Morgan fingerprint density at radius 2 is 1.27 bits per heavy atom. The van der Waals surface area contributed by atoms with Crippen molar-refractivity contribution in [2.75, 3.05) is 6.61 Å². The first kappa shape index (κ1) is 27.6. The maximum atomic E-state index is 13.7. The van der Waals surface area contributed by atoms with Crippen molar-refractivity contribution in [1.82, 2.24) is 15.3 Å². The largest absolute Gasteiger partial charge is 0.462 e. The molecule has 0 spiro atoms. The molecule has 4 aromatic carbocycles. The number of H-pyrrole nitrogens is 1. The predicted octanol–water partition coefficient (Wildman–Crippen LogP) is 5.65. The minimum absolute atomic E-state index is 0.0564. The SMILES string of the molecule is O=C(CCc1ccccc1)N[C@@H](Cc1c[nH]cn1)C(=O)OCC(c1ccccc1)(c1ccccc1)c1ccccc1. The predicted molar refractivity (Wildman–Crippen MR) is 159 cm³/mol. The Labute approximate surface area is 240 Å². The number of imidazole rings is 1. The van der Waals surface area contributed by atoms with Crippen LogP contribution in [0.15, 0.2) is 134 Å². The number of carbonyl (C=O) groups is 2. The fourth-order valence-electron chi connectivity index (χ4n) is 5.17. The fraction of sp³-hybridized carbons (Fsp3) is 0.171. The van der Waals surface area contributed by atoms with E-state index >= 15 is 0 Å². The summed E-state index contributed by atoms with van der Waals surface area (Å²) in [6.07, 6.45) is 4.33. The molecule has 0 aliphatic rings. The zero-order valence-electron chi connectivity index (χ0n) is 22.8. The normalized spacial score (nSPS) is 11.9. The number of hydrogen-bond acceptors (Lipinski definition) is 4. The molecular weight excluding hydrogens is 510 g/mol. The number of aromatic nitrogens is 2. The summed E-state index contributed by atoms with van der Waals surface area (Å²) in [7, 11) is 0. The zero-order chi connectivity index (χ0) is 28.3. The van der Waals surface area contributed by atoms with E-state index in [0.29, 0.717) is 12.1 Å². The number of carbonyl (C=O) groups excluding carboxylic acids is 2. The molecule has 0 saturated carbocycles. The molecule has 0 radical (unpaired) electrons. The Bertz CT molecular complexity index is 1410. The van der Waals surface area contributed by atoms with Gasteiger partial charge in [0.2, 0.25) is 5.91 Å². The zero-order valence-corrected chi connectivity index (χ0v) is 22.8. The van der Waals surface area contributed by atoms with Crippen molar-refractivity contribution in [3.8, 4) is 0 Å². The minimum atomic E-state index is -0.887. The topological polar surface area (TPSA) is 84.1 Å². The smallest absolute Gasteiger partial charge is 0.329 e. The van der Waals surface area contributed by atoms with E-state index in [-0.39, 0.29) is 25.4 Å². The second-order valence-electron chi connectivity index (χ2n) is 9.98. The number of nitrogens with zero attached hydrogens (tertiary/aromatic N) is 1. The third-order valence-corrected chi connectivity index (χ3v) is 7.30. The Morgan fingerprint density at radius 3 is 1.76 bits per heavy atom. The molecule has 41 heavy (non-hydrogen) atoms. The van der Waals surface area contributed by atoms with Gasteiger partial charge in [0, 0.05) is 19.0 Å². The van der Waals surface area contributed by atoms with E-state index in [1.54, 1.807) is 12.5 Å². The van der Waals surface area contributed by atoms with Gasteiger partial charge in [-0.3, -0.25) is 4.79 Å². The van der Waals surface area contributed by atoms with Crippen LogP contribution in [0.25, 0.3) is 0 Å². The van der Waals surface area contributed by atoms with Crippen molar-refractivity contribution >= 4 is 11.9 Å². The van der Waals surface area contributed by atoms with Crippen molar-refractivity contribution in [3.05, 3.63) is 162 Å². The monoisotopic (exact) mass is 543 g/mol. The molecule has 1 amide bonds. The summed E-state index contributed by atoms with van der Waals surface area (Å²) >= 11 is 0. The summed E-state index contributed by atoms with van der Waals surface area (Å²) in [4.78, 5) is 33.9. The number of rotatable bonds is 12. The lowest BCUT2D eigenvalue weighted by Gasteiger charge is -2.35. The number of aryl methyl sites for hydroxylation is 1. The number of benzene rings is 4. The van der Waals surface area contributed by atoms with Gasteiger partial charge in [-0.2, -0.15) is 0 Å². The summed E-state index contributed by atoms with van der Waals surface area (Å²) in [5.41, 5.74) is 3.97. The van der Waals surface area contributed by atoms with Crippen LogP contribution >= 0.6 is 0 Å². The van der Waals surface area contributed by atoms with Crippen LogP contribution in [0.5, 0.6) is 0 Å². The number of aromatic amines is 1. The molecule has 1 atom stereocenters. The van der Waals surface area contributed by atoms with Crippen LogP contribution < -0.4 is 5.32 Å². The highest BCUT2D eigenvalue weighted by Gasteiger charge is 2.38. The maximum absolute atomic E-state index is 13.7. The lowest BCUT2D eigenvalue weighted by molar-refractivity contribution is -0.149. The molecule has 0 fully saturated rings. The number of amides is 1. The first-order chi connectivity index (χ1) is 20.1. The molecule has 6 heteroatoms. The molecule has 2 N–H and O–H groups in total. The summed E-state index contributed by atoms with van der Waals surface area (Å²) in [6.45, 7) is 0.0564. The van der Waals surface area contributed by atoms with Gasteiger partial charge in [0.05, 0.1) is 17.4 Å². The van der Waals surface area contributed by atoms with Crippen molar-refractivity contribution < 1.29 is 14.3 Å². The quantitative estimate of drug-likeness (QED) is 0.157. The van der Waals surface area contributed by atoms with Crippen molar-refractivity contribution in [1.29, 1.82) is 0 Å². The molecule has 1 heterocycles. The lowest BCUT2D eigenvalue weighted by atomic mass is 9.70. The maximum Gasteiger partial charge on any atom is 0.329 e. The molecule has 0 unspecified atom stereocenters. The van der Waals surface area contributed by atoms with E-state index in [0.717, 1.165) is 22.3 Å². The molecule has 0 aliphatic carbocycles. The number of hydrogen-bond donors (Lipinski definition) is 2. The van der Waals surface area contributed by atoms with Crippen LogP contribution in [-0.4, -0.2) is 34.5 Å². The van der Waals surface area contributed by atoms with Crippen LogP contribution in [0.2, 0.25) is 0 Å². The van der Waals surface area contributed by atoms with Gasteiger partial charge in [0.15, 0.2) is 0 Å². The van der Waals surface area contributed by atoms with Gasteiger partial charge in [-0.1, -0.05) is 121 Å². The number of nitrogens with one attached hydrogen (secondary N) is 2. The van der Waals surface area contributed by atoms with E-state index in [1.807, 2.05) is 84.9 Å². The minimum Gasteiger partial charge on any atom is -0.462 e. The van der Waals surface area contributed by atoms with Gasteiger partial charge in [-0.25, -0.2) is 9.78 Å². The van der Waals surface area contributed by atoms with Crippen molar-refractivity contribution in [3.63, 3.8) is 0 Å². The molecule has 206 valence electrons. The average Bonchev–Trinajstić information content (AvgIpc) is 3.55. The van der Waals surface area contributed by atoms with Crippen LogP contribution in [-0.2, 0) is 32.6 Å². The second kappa shape index (κ2) is 13.4. The van der Waals surface area contributed by atoms with E-state index in [1.165, 1.54) is 0 Å². The average molecular weight is 544 g/mol. The van der Waals surface area contributed by atoms with E-state index < -0.39 is 17.4 Å². The number of esters is 1. The van der Waals surface area contributed by atoms with Crippen molar-refractivity contribution in [2.24, 2.45) is 0 Å². The Balaban J connectivity index is 1.41. The molecule has 6 nitrogen and oxygen atoms in total. The summed E-state index contributed by atoms with van der Waals surface area (Å²) in [5, 5.41) is 2.91. The van der Waals surface area contributed by atoms with Gasteiger partial charge in [0.1, 0.15) is 12.6 Å². The summed E-state index contributed by atoms with van der Waals surface area (Å²) in [5.74, 6) is -0.722.